The highest BCUT2D eigenvalue weighted by molar-refractivity contribution is 5.93. The summed E-state index contributed by atoms with van der Waals surface area (Å²) < 4.78 is 10.9. The van der Waals surface area contributed by atoms with Gasteiger partial charge in [0.15, 0.2) is 0 Å². The first-order chi connectivity index (χ1) is 16.7. The van der Waals surface area contributed by atoms with Crippen molar-refractivity contribution >= 4 is 23.3 Å². The summed E-state index contributed by atoms with van der Waals surface area (Å²) in [4.78, 5) is 29.3. The summed E-state index contributed by atoms with van der Waals surface area (Å²) in [5.74, 6) is 0.565. The predicted octanol–water partition coefficient (Wildman–Crippen LogP) is 4.97. The molecule has 2 aromatic carbocycles. The molecular formula is C28H39N3O4. The molecule has 0 radical (unpaired) electrons. The lowest BCUT2D eigenvalue weighted by atomic mass is 10.1. The van der Waals surface area contributed by atoms with Crippen molar-refractivity contribution in [1.29, 1.82) is 0 Å². The third kappa shape index (κ3) is 8.58. The second kappa shape index (κ2) is 12.6. The fraction of sp³-hybridized carbons (Fsp3) is 0.500. The Bertz CT molecular complexity index is 961. The third-order valence-electron chi connectivity index (χ3n) is 5.98. The van der Waals surface area contributed by atoms with Gasteiger partial charge >= 0.3 is 5.97 Å². The lowest BCUT2D eigenvalue weighted by molar-refractivity contribution is -0.116. The van der Waals surface area contributed by atoms with Gasteiger partial charge in [0.1, 0.15) is 11.4 Å². The molecule has 0 aliphatic carbocycles. The van der Waals surface area contributed by atoms with Crippen molar-refractivity contribution in [2.75, 3.05) is 50.1 Å². The van der Waals surface area contributed by atoms with Crippen molar-refractivity contribution in [3.63, 3.8) is 0 Å². The molecule has 35 heavy (non-hydrogen) atoms. The van der Waals surface area contributed by atoms with Crippen molar-refractivity contribution in [3.05, 3.63) is 54.1 Å². The largest absolute Gasteiger partial charge is 0.495 e. The standard InChI is InChI=1S/C28H39N3O4/c1-28(2,3)35-27(33)22-13-15-23(16-14-22)29-26(32)12-6-5-9-17-30-18-20-31(21-19-30)24-10-7-8-11-25(24)34-4/h7-8,10-11,13-16H,5-6,9,12,17-21H2,1-4H3,(H,29,32). The molecule has 0 unspecified atom stereocenters. The van der Waals surface area contributed by atoms with Gasteiger partial charge in [-0.2, -0.15) is 0 Å². The van der Waals surface area contributed by atoms with Crippen LogP contribution in [0.5, 0.6) is 5.75 Å². The van der Waals surface area contributed by atoms with Gasteiger partial charge in [0.2, 0.25) is 5.91 Å². The first kappa shape index (κ1) is 26.5. The van der Waals surface area contributed by atoms with E-state index in [1.54, 1.807) is 31.4 Å². The number of anilines is 2. The minimum atomic E-state index is -0.533. The Labute approximate surface area is 209 Å². The fourth-order valence-electron chi connectivity index (χ4n) is 4.15. The number of hydrogen-bond acceptors (Lipinski definition) is 6. The number of para-hydroxylation sites is 2. The maximum Gasteiger partial charge on any atom is 0.338 e. The molecule has 1 aliphatic heterocycles. The zero-order chi connectivity index (χ0) is 25.3. The highest BCUT2D eigenvalue weighted by Crippen LogP contribution is 2.28. The van der Waals surface area contributed by atoms with Crippen molar-refractivity contribution < 1.29 is 19.1 Å². The van der Waals surface area contributed by atoms with Gasteiger partial charge in [0, 0.05) is 38.3 Å². The van der Waals surface area contributed by atoms with Gasteiger partial charge in [-0.1, -0.05) is 18.6 Å². The van der Waals surface area contributed by atoms with E-state index >= 15 is 0 Å². The average molecular weight is 482 g/mol. The molecular weight excluding hydrogens is 442 g/mol. The van der Waals surface area contributed by atoms with E-state index < -0.39 is 5.60 Å². The van der Waals surface area contributed by atoms with E-state index in [0.29, 0.717) is 17.7 Å². The molecule has 0 atom stereocenters. The van der Waals surface area contributed by atoms with Crippen LogP contribution in [-0.4, -0.2) is 62.2 Å². The van der Waals surface area contributed by atoms with E-state index in [0.717, 1.165) is 57.7 Å². The molecule has 1 N–H and O–H groups in total. The van der Waals surface area contributed by atoms with Crippen molar-refractivity contribution in [2.45, 2.75) is 52.1 Å². The Hall–Kier alpha value is -3.06. The normalized spacial score (nSPS) is 14.5. The maximum atomic E-state index is 12.3. The molecule has 7 heteroatoms. The summed E-state index contributed by atoms with van der Waals surface area (Å²) in [5, 5.41) is 2.91. The predicted molar refractivity (Wildman–Crippen MR) is 140 cm³/mol. The Balaban J connectivity index is 1.30. The van der Waals surface area contributed by atoms with Gasteiger partial charge < -0.3 is 19.7 Å². The molecule has 1 fully saturated rings. The Morgan fingerprint density at radius 2 is 1.60 bits per heavy atom. The van der Waals surface area contributed by atoms with E-state index in [1.165, 1.54) is 5.69 Å². The highest BCUT2D eigenvalue weighted by atomic mass is 16.6. The van der Waals surface area contributed by atoms with Gasteiger partial charge in [-0.3, -0.25) is 9.69 Å². The monoisotopic (exact) mass is 481 g/mol. The van der Waals surface area contributed by atoms with E-state index in [4.69, 9.17) is 9.47 Å². The first-order valence-electron chi connectivity index (χ1n) is 12.5. The topological polar surface area (TPSA) is 71.1 Å². The van der Waals surface area contributed by atoms with Gasteiger partial charge in [-0.15, -0.1) is 0 Å². The Kier molecular flexibility index (Phi) is 9.55. The zero-order valence-electron chi connectivity index (χ0n) is 21.5. The molecule has 0 spiro atoms. The smallest absolute Gasteiger partial charge is 0.338 e. The Morgan fingerprint density at radius 3 is 2.26 bits per heavy atom. The summed E-state index contributed by atoms with van der Waals surface area (Å²) in [6.07, 6.45) is 3.47. The first-order valence-corrected chi connectivity index (χ1v) is 12.5. The summed E-state index contributed by atoms with van der Waals surface area (Å²) in [5.41, 5.74) is 1.80. The van der Waals surface area contributed by atoms with Crippen LogP contribution >= 0.6 is 0 Å². The lowest BCUT2D eigenvalue weighted by Crippen LogP contribution is -2.46. The molecule has 0 bridgehead atoms. The average Bonchev–Trinajstić information content (AvgIpc) is 2.83. The van der Waals surface area contributed by atoms with Crippen LogP contribution in [-0.2, 0) is 9.53 Å². The van der Waals surface area contributed by atoms with Crippen molar-refractivity contribution in [3.8, 4) is 5.75 Å². The number of unbranched alkanes of at least 4 members (excludes halogenated alkanes) is 2. The van der Waals surface area contributed by atoms with Crippen LogP contribution in [0.15, 0.2) is 48.5 Å². The molecule has 0 saturated carbocycles. The number of methoxy groups -OCH3 is 1. The SMILES string of the molecule is COc1ccccc1N1CCN(CCCCCC(=O)Nc2ccc(C(=O)OC(C)(C)C)cc2)CC1. The lowest BCUT2D eigenvalue weighted by Gasteiger charge is -2.36. The fourth-order valence-corrected chi connectivity index (χ4v) is 4.15. The highest BCUT2D eigenvalue weighted by Gasteiger charge is 2.19. The maximum absolute atomic E-state index is 12.3. The van der Waals surface area contributed by atoms with Crippen LogP contribution in [0.4, 0.5) is 11.4 Å². The van der Waals surface area contributed by atoms with Crippen LogP contribution in [0, 0.1) is 0 Å². The van der Waals surface area contributed by atoms with Gasteiger partial charge in [0.05, 0.1) is 18.4 Å². The number of carbonyl (C=O) groups is 2. The summed E-state index contributed by atoms with van der Waals surface area (Å²) in [6.45, 7) is 10.6. The van der Waals surface area contributed by atoms with Crippen LogP contribution < -0.4 is 15.0 Å². The number of piperazine rings is 1. The van der Waals surface area contributed by atoms with E-state index in [9.17, 15) is 9.59 Å². The summed E-state index contributed by atoms with van der Waals surface area (Å²) >= 11 is 0. The quantitative estimate of drug-likeness (QED) is 0.382. The molecule has 1 aliphatic rings. The number of amides is 1. The summed E-state index contributed by atoms with van der Waals surface area (Å²) in [7, 11) is 1.72. The van der Waals surface area contributed by atoms with Gasteiger partial charge in [0.25, 0.3) is 0 Å². The van der Waals surface area contributed by atoms with Crippen LogP contribution in [0.3, 0.4) is 0 Å². The van der Waals surface area contributed by atoms with Crippen LogP contribution in [0.2, 0.25) is 0 Å². The van der Waals surface area contributed by atoms with Gasteiger partial charge in [-0.25, -0.2) is 4.79 Å². The minimum Gasteiger partial charge on any atom is -0.495 e. The molecule has 3 rings (SSSR count). The number of carbonyl (C=O) groups excluding carboxylic acids is 2. The molecule has 0 aromatic heterocycles. The second-order valence-electron chi connectivity index (χ2n) is 9.94. The Morgan fingerprint density at radius 1 is 0.914 bits per heavy atom. The van der Waals surface area contributed by atoms with Crippen LogP contribution in [0.1, 0.15) is 56.8 Å². The van der Waals surface area contributed by atoms with Crippen molar-refractivity contribution in [1.82, 2.24) is 4.90 Å². The molecule has 1 saturated heterocycles. The molecule has 2 aromatic rings. The molecule has 1 heterocycles. The number of esters is 1. The van der Waals surface area contributed by atoms with E-state index in [1.807, 2.05) is 32.9 Å². The third-order valence-corrected chi connectivity index (χ3v) is 5.98. The van der Waals surface area contributed by atoms with E-state index in [-0.39, 0.29) is 11.9 Å². The molecule has 190 valence electrons. The number of nitrogens with zero attached hydrogens (tertiary/aromatic N) is 2. The number of benzene rings is 2. The number of ether oxygens (including phenoxy) is 2. The van der Waals surface area contributed by atoms with E-state index in [2.05, 4.69) is 27.2 Å². The summed E-state index contributed by atoms with van der Waals surface area (Å²) in [6, 6.07) is 15.0. The number of hydrogen-bond donors (Lipinski definition) is 1. The number of rotatable bonds is 10. The molecule has 7 nitrogen and oxygen atoms in total. The number of nitrogens with one attached hydrogen (secondary N) is 1. The molecule has 1 amide bonds. The zero-order valence-corrected chi connectivity index (χ0v) is 21.5. The van der Waals surface area contributed by atoms with Crippen LogP contribution in [0.25, 0.3) is 0 Å². The van der Waals surface area contributed by atoms with Crippen molar-refractivity contribution in [2.24, 2.45) is 0 Å². The minimum absolute atomic E-state index is 0.000408. The van der Waals surface area contributed by atoms with Gasteiger partial charge in [-0.05, 0) is 76.6 Å². The second-order valence-corrected chi connectivity index (χ2v) is 9.94.